The molecule has 2 aliphatic rings. The third kappa shape index (κ3) is 5.59. The minimum Gasteiger partial charge on any atom is -0.490 e. The predicted octanol–water partition coefficient (Wildman–Crippen LogP) is 5.54. The Kier molecular flexibility index (Phi) is 7.41. The highest BCUT2D eigenvalue weighted by atomic mass is 79.9. The Morgan fingerprint density at radius 2 is 2.06 bits per heavy atom. The highest BCUT2D eigenvalue weighted by Gasteiger charge is 2.41. The summed E-state index contributed by atoms with van der Waals surface area (Å²) in [5.41, 5.74) is 2.49. The summed E-state index contributed by atoms with van der Waals surface area (Å²) in [4.78, 5) is 27.5. The maximum Gasteiger partial charge on any atom is 0.266 e. The molecule has 0 unspecified atom stereocenters. The van der Waals surface area contributed by atoms with Crippen LogP contribution in [0.5, 0.6) is 11.5 Å². The highest BCUT2D eigenvalue weighted by molar-refractivity contribution is 9.10. The van der Waals surface area contributed by atoms with E-state index in [1.54, 1.807) is 11.0 Å². The number of thioether (sulfide) groups is 1. The average molecular weight is 547 g/mol. The summed E-state index contributed by atoms with van der Waals surface area (Å²) < 4.78 is 12.8. The van der Waals surface area contributed by atoms with Crippen LogP contribution in [0.25, 0.3) is 6.08 Å². The third-order valence-electron chi connectivity index (χ3n) is 5.13. The molecule has 4 rings (SSSR count). The van der Waals surface area contributed by atoms with Crippen molar-refractivity contribution < 1.29 is 19.1 Å². The second-order valence-electron chi connectivity index (χ2n) is 7.70. The second kappa shape index (κ2) is 10.3. The SMILES string of the molecule is CCOc1cc(C=C2SC(=S)N(C3CC3)C2=O)cc(Br)c1OCC(=O)Nc1ccccc1C. The Labute approximate surface area is 210 Å². The van der Waals surface area contributed by atoms with Gasteiger partial charge in [0, 0.05) is 11.7 Å². The van der Waals surface area contributed by atoms with E-state index < -0.39 is 0 Å². The molecule has 1 N–H and O–H groups in total. The van der Waals surface area contributed by atoms with E-state index >= 15 is 0 Å². The molecule has 9 heteroatoms. The number of nitrogens with zero attached hydrogens (tertiary/aromatic N) is 1. The molecule has 33 heavy (non-hydrogen) atoms. The first-order valence-electron chi connectivity index (χ1n) is 10.6. The maximum atomic E-state index is 12.8. The van der Waals surface area contributed by atoms with Gasteiger partial charge in [-0.05, 0) is 78.0 Å². The molecule has 0 bridgehead atoms. The molecule has 1 saturated heterocycles. The van der Waals surface area contributed by atoms with Crippen LogP contribution in [0.1, 0.15) is 30.9 Å². The standard InChI is InChI=1S/C24H23BrN2O4S2/c1-3-30-19-11-15(12-20-23(29)27(16-8-9-16)24(32)33-20)10-17(25)22(19)31-13-21(28)26-18-7-5-4-6-14(18)2/h4-7,10-12,16H,3,8-9,13H2,1-2H3,(H,26,28). The number of thiocarbonyl (C=S) groups is 1. The largest absolute Gasteiger partial charge is 0.490 e. The van der Waals surface area contributed by atoms with Crippen LogP contribution < -0.4 is 14.8 Å². The van der Waals surface area contributed by atoms with Crippen LogP contribution in [-0.2, 0) is 9.59 Å². The molecule has 172 valence electrons. The van der Waals surface area contributed by atoms with Crippen molar-refractivity contribution in [2.75, 3.05) is 18.5 Å². The lowest BCUT2D eigenvalue weighted by atomic mass is 10.2. The van der Waals surface area contributed by atoms with E-state index in [9.17, 15) is 9.59 Å². The predicted molar refractivity (Wildman–Crippen MR) is 139 cm³/mol. The number of benzene rings is 2. The smallest absolute Gasteiger partial charge is 0.266 e. The summed E-state index contributed by atoms with van der Waals surface area (Å²) >= 11 is 10.2. The Morgan fingerprint density at radius 1 is 1.30 bits per heavy atom. The van der Waals surface area contributed by atoms with E-state index in [0.29, 0.717) is 31.8 Å². The molecule has 0 aromatic heterocycles. The van der Waals surface area contributed by atoms with Gasteiger partial charge in [-0.3, -0.25) is 14.5 Å². The number of carbonyl (C=O) groups excluding carboxylic acids is 2. The minimum absolute atomic E-state index is 0.0465. The first-order valence-corrected chi connectivity index (χ1v) is 12.6. The number of anilines is 1. The van der Waals surface area contributed by atoms with E-state index in [1.807, 2.05) is 50.3 Å². The number of halogens is 1. The van der Waals surface area contributed by atoms with Gasteiger partial charge < -0.3 is 14.8 Å². The van der Waals surface area contributed by atoms with Gasteiger partial charge in [-0.1, -0.05) is 42.2 Å². The maximum absolute atomic E-state index is 12.8. The first-order chi connectivity index (χ1) is 15.9. The summed E-state index contributed by atoms with van der Waals surface area (Å²) in [7, 11) is 0. The normalized spacial score (nSPS) is 16.9. The van der Waals surface area contributed by atoms with Crippen molar-refractivity contribution in [3.63, 3.8) is 0 Å². The van der Waals surface area contributed by atoms with Gasteiger partial charge in [-0.15, -0.1) is 0 Å². The van der Waals surface area contributed by atoms with Crippen molar-refractivity contribution in [2.24, 2.45) is 0 Å². The number of ether oxygens (including phenoxy) is 2. The number of rotatable bonds is 8. The van der Waals surface area contributed by atoms with Crippen LogP contribution in [0, 0.1) is 6.92 Å². The molecule has 2 fully saturated rings. The fourth-order valence-corrected chi connectivity index (χ4v) is 5.36. The van der Waals surface area contributed by atoms with Gasteiger partial charge >= 0.3 is 0 Å². The number of aryl methyl sites for hydroxylation is 1. The van der Waals surface area contributed by atoms with Gasteiger partial charge in [0.2, 0.25) is 0 Å². The van der Waals surface area contributed by atoms with Crippen LogP contribution in [-0.4, -0.2) is 40.3 Å². The number of hydrogen-bond donors (Lipinski definition) is 1. The lowest BCUT2D eigenvalue weighted by Crippen LogP contribution is -2.30. The lowest BCUT2D eigenvalue weighted by molar-refractivity contribution is -0.122. The van der Waals surface area contributed by atoms with Crippen molar-refractivity contribution in [3.8, 4) is 11.5 Å². The number of carbonyl (C=O) groups is 2. The average Bonchev–Trinajstić information content (AvgIpc) is 3.55. The summed E-state index contributed by atoms with van der Waals surface area (Å²) in [6.45, 7) is 4.05. The summed E-state index contributed by atoms with van der Waals surface area (Å²) in [6.07, 6.45) is 3.82. The van der Waals surface area contributed by atoms with Gasteiger partial charge in [0.1, 0.15) is 4.32 Å². The molecule has 0 radical (unpaired) electrons. The fourth-order valence-electron chi connectivity index (χ4n) is 3.39. The molecule has 6 nitrogen and oxygen atoms in total. The van der Waals surface area contributed by atoms with Crippen molar-refractivity contribution in [1.29, 1.82) is 0 Å². The molecule has 1 aliphatic carbocycles. The van der Waals surface area contributed by atoms with E-state index in [-0.39, 0.29) is 24.5 Å². The highest BCUT2D eigenvalue weighted by Crippen LogP contribution is 2.42. The van der Waals surface area contributed by atoms with Gasteiger partial charge in [-0.2, -0.15) is 0 Å². The topological polar surface area (TPSA) is 67.9 Å². The molecular formula is C24H23BrN2O4S2. The van der Waals surface area contributed by atoms with Crippen LogP contribution >= 0.6 is 39.9 Å². The van der Waals surface area contributed by atoms with E-state index in [1.165, 1.54) is 11.8 Å². The number of para-hydroxylation sites is 1. The molecule has 2 aromatic carbocycles. The van der Waals surface area contributed by atoms with E-state index in [2.05, 4.69) is 21.2 Å². The summed E-state index contributed by atoms with van der Waals surface area (Å²) in [5.74, 6) is 0.597. The molecule has 2 aromatic rings. The Hall–Kier alpha value is -2.36. The van der Waals surface area contributed by atoms with Crippen LogP contribution in [0.2, 0.25) is 0 Å². The first kappa shape index (κ1) is 23.8. The monoisotopic (exact) mass is 546 g/mol. The molecule has 1 heterocycles. The minimum atomic E-state index is -0.272. The Balaban J connectivity index is 1.50. The molecule has 0 atom stereocenters. The van der Waals surface area contributed by atoms with Crippen molar-refractivity contribution in [2.45, 2.75) is 32.7 Å². The fraction of sp³-hybridized carbons (Fsp3) is 0.292. The van der Waals surface area contributed by atoms with Crippen LogP contribution in [0.15, 0.2) is 45.8 Å². The van der Waals surface area contributed by atoms with E-state index in [0.717, 1.165) is 29.7 Å². The van der Waals surface area contributed by atoms with Gasteiger partial charge in [0.15, 0.2) is 18.1 Å². The molecule has 1 aliphatic heterocycles. The molecule has 1 saturated carbocycles. The van der Waals surface area contributed by atoms with Gasteiger partial charge in [-0.25, -0.2) is 0 Å². The Bertz CT molecular complexity index is 1150. The quantitative estimate of drug-likeness (QED) is 0.346. The van der Waals surface area contributed by atoms with Crippen molar-refractivity contribution in [1.82, 2.24) is 4.90 Å². The van der Waals surface area contributed by atoms with Crippen LogP contribution in [0.4, 0.5) is 5.69 Å². The zero-order valence-electron chi connectivity index (χ0n) is 18.2. The van der Waals surface area contributed by atoms with Gasteiger partial charge in [0.25, 0.3) is 11.8 Å². The molecular weight excluding hydrogens is 524 g/mol. The third-order valence-corrected chi connectivity index (χ3v) is 7.05. The van der Waals surface area contributed by atoms with Crippen molar-refractivity contribution in [3.05, 3.63) is 56.9 Å². The number of nitrogens with one attached hydrogen (secondary N) is 1. The summed E-state index contributed by atoms with van der Waals surface area (Å²) in [6, 6.07) is 11.4. The lowest BCUT2D eigenvalue weighted by Gasteiger charge is -2.15. The number of amides is 2. The Morgan fingerprint density at radius 3 is 2.76 bits per heavy atom. The van der Waals surface area contributed by atoms with E-state index in [4.69, 9.17) is 21.7 Å². The van der Waals surface area contributed by atoms with Gasteiger partial charge in [0.05, 0.1) is 16.0 Å². The van der Waals surface area contributed by atoms with Crippen molar-refractivity contribution >= 4 is 67.8 Å². The molecule has 0 spiro atoms. The zero-order valence-corrected chi connectivity index (χ0v) is 21.4. The second-order valence-corrected chi connectivity index (χ2v) is 10.2. The number of hydrogen-bond acceptors (Lipinski definition) is 6. The zero-order chi connectivity index (χ0) is 23.5. The van der Waals surface area contributed by atoms with Crippen LogP contribution in [0.3, 0.4) is 0 Å². The molecule has 2 amide bonds. The summed E-state index contributed by atoms with van der Waals surface area (Å²) in [5, 5.41) is 2.85.